The van der Waals surface area contributed by atoms with Gasteiger partial charge in [-0.25, -0.2) is 9.69 Å². The van der Waals surface area contributed by atoms with Crippen molar-refractivity contribution < 1.29 is 0 Å². The van der Waals surface area contributed by atoms with Gasteiger partial charge >= 0.3 is 0 Å². The second-order valence-electron chi connectivity index (χ2n) is 14.5. The van der Waals surface area contributed by atoms with Crippen LogP contribution >= 0.6 is 0 Å². The van der Waals surface area contributed by atoms with Gasteiger partial charge in [-0.2, -0.15) is 5.26 Å². The van der Waals surface area contributed by atoms with Crippen LogP contribution in [-0.2, 0) is 5.41 Å². The van der Waals surface area contributed by atoms with Gasteiger partial charge < -0.3 is 0 Å². The van der Waals surface area contributed by atoms with Crippen LogP contribution in [0.25, 0.3) is 43.1 Å². The molecule has 0 aliphatic heterocycles. The summed E-state index contributed by atoms with van der Waals surface area (Å²) in [5.74, 6) is 0. The summed E-state index contributed by atoms with van der Waals surface area (Å²) in [6.07, 6.45) is 0. The van der Waals surface area contributed by atoms with Gasteiger partial charge in [0.05, 0.1) is 30.2 Å². The summed E-state index contributed by atoms with van der Waals surface area (Å²) in [5.41, 5.74) is 14.0. The van der Waals surface area contributed by atoms with E-state index in [0.717, 1.165) is 26.7 Å². The van der Waals surface area contributed by atoms with Crippen LogP contribution < -0.4 is 20.7 Å². The molecular weight excluding hydrogens is 695 g/mol. The lowest BCUT2D eigenvalue weighted by molar-refractivity contribution is 0.794. The van der Waals surface area contributed by atoms with Crippen LogP contribution in [0.4, 0.5) is 11.4 Å². The van der Waals surface area contributed by atoms with Crippen molar-refractivity contribution in [2.75, 3.05) is 0 Å². The number of benzene rings is 8. The second kappa shape index (κ2) is 12.8. The zero-order chi connectivity index (χ0) is 37.9. The van der Waals surface area contributed by atoms with E-state index in [1.54, 1.807) is 0 Å². The Morgan fingerprint density at radius 1 is 0.411 bits per heavy atom. The van der Waals surface area contributed by atoms with E-state index in [1.807, 2.05) is 36.4 Å². The molecule has 0 unspecified atom stereocenters. The molecule has 8 aromatic carbocycles. The van der Waals surface area contributed by atoms with E-state index in [2.05, 4.69) is 167 Å². The molecule has 2 aliphatic carbocycles. The summed E-state index contributed by atoms with van der Waals surface area (Å²) < 4.78 is 0. The van der Waals surface area contributed by atoms with Gasteiger partial charge in [0.15, 0.2) is 19.4 Å². The smallest absolute Gasteiger partial charge is 0.187 e. The Hall–Kier alpha value is -7.55. The van der Waals surface area contributed by atoms with Gasteiger partial charge in [0.1, 0.15) is 0 Å². The molecule has 0 radical (unpaired) electrons. The lowest BCUT2D eigenvalue weighted by Gasteiger charge is -2.35. The number of fused-ring (bicyclic) bond motifs is 10. The lowest BCUT2D eigenvalue weighted by Crippen LogP contribution is -2.74. The minimum absolute atomic E-state index is 0.415. The maximum absolute atomic E-state index is 9.72. The zero-order valence-electron chi connectivity index (χ0n) is 30.2. The van der Waals surface area contributed by atoms with Gasteiger partial charge in [-0.15, -0.1) is 0 Å². The molecule has 0 fully saturated rings. The molecule has 0 bridgehead atoms. The van der Waals surface area contributed by atoms with Gasteiger partial charge in [-0.05, 0) is 94.6 Å². The molecular formula is C52H31N3Si. The summed E-state index contributed by atoms with van der Waals surface area (Å²) >= 11 is 0. The Morgan fingerprint density at radius 2 is 0.786 bits per heavy atom. The van der Waals surface area contributed by atoms with Gasteiger partial charge in [0.25, 0.3) is 0 Å². The van der Waals surface area contributed by atoms with Crippen molar-refractivity contribution in [1.29, 1.82) is 5.26 Å². The molecule has 4 heteroatoms. The van der Waals surface area contributed by atoms with Crippen LogP contribution in [0.3, 0.4) is 0 Å². The number of nitriles is 1. The molecule has 3 nitrogen and oxygen atoms in total. The third kappa shape index (κ3) is 4.60. The number of rotatable bonds is 5. The van der Waals surface area contributed by atoms with Crippen molar-refractivity contribution in [3.05, 3.63) is 239 Å². The molecule has 0 aromatic heterocycles. The molecule has 2 aliphatic rings. The van der Waals surface area contributed by atoms with Crippen LogP contribution in [0.5, 0.6) is 0 Å². The standard InChI is InChI=1S/C52H31N3Si/c1-54-38-20-28-42(29-21-38)56(40-24-15-35(34-53)16-25-40,43-30-22-39(55-2)23-31-43)41-26-17-36(18-27-41)37-19-32-47-46-11-5-8-14-50(46)52(51(47)33-37)48-12-6-3-9-44(48)45-10-4-7-13-49(45)52/h3-33H. The Morgan fingerprint density at radius 3 is 1.21 bits per heavy atom. The second-order valence-corrected chi connectivity index (χ2v) is 18.3. The van der Waals surface area contributed by atoms with Crippen molar-refractivity contribution in [1.82, 2.24) is 0 Å². The highest BCUT2D eigenvalue weighted by atomic mass is 28.3. The Labute approximate surface area is 327 Å². The van der Waals surface area contributed by atoms with Crippen LogP contribution in [0, 0.1) is 24.5 Å². The average molecular weight is 726 g/mol. The summed E-state index contributed by atoms with van der Waals surface area (Å²) in [4.78, 5) is 7.38. The van der Waals surface area contributed by atoms with E-state index in [0.29, 0.717) is 16.9 Å². The van der Waals surface area contributed by atoms with Crippen molar-refractivity contribution in [2.45, 2.75) is 5.41 Å². The monoisotopic (exact) mass is 725 g/mol. The molecule has 0 atom stereocenters. The summed E-state index contributed by atoms with van der Waals surface area (Å²) in [6, 6.07) is 68.9. The fourth-order valence-corrected chi connectivity index (χ4v) is 14.2. The summed E-state index contributed by atoms with van der Waals surface area (Å²) in [7, 11) is -3.01. The topological polar surface area (TPSA) is 32.5 Å². The largest absolute Gasteiger partial charge is 0.238 e. The van der Waals surface area contributed by atoms with Gasteiger partial charge in [0, 0.05) is 0 Å². The van der Waals surface area contributed by atoms with Gasteiger partial charge in [-0.3, -0.25) is 0 Å². The first-order chi connectivity index (χ1) is 27.6. The van der Waals surface area contributed by atoms with Crippen molar-refractivity contribution in [3.8, 4) is 39.4 Å². The van der Waals surface area contributed by atoms with E-state index < -0.39 is 13.5 Å². The Bertz CT molecular complexity index is 2770. The molecule has 0 saturated carbocycles. The minimum atomic E-state index is -3.01. The van der Waals surface area contributed by atoms with E-state index >= 15 is 0 Å². The third-order valence-corrected chi connectivity index (χ3v) is 16.8. The molecule has 0 amide bonds. The fraction of sp³-hybridized carbons (Fsp3) is 0.0192. The first-order valence-electron chi connectivity index (χ1n) is 18.6. The van der Waals surface area contributed by atoms with Crippen molar-refractivity contribution >= 4 is 40.2 Å². The number of hydrogen-bond donors (Lipinski definition) is 0. The van der Waals surface area contributed by atoms with E-state index in [-0.39, 0.29) is 0 Å². The first kappa shape index (κ1) is 33.0. The molecule has 0 saturated heterocycles. The van der Waals surface area contributed by atoms with Crippen molar-refractivity contribution in [3.63, 3.8) is 0 Å². The summed E-state index contributed by atoms with van der Waals surface area (Å²) in [6.45, 7) is 15.3. The first-order valence-corrected chi connectivity index (χ1v) is 20.6. The normalized spacial score (nSPS) is 12.7. The summed E-state index contributed by atoms with van der Waals surface area (Å²) in [5, 5.41) is 14.2. The molecule has 1 spiro atoms. The highest BCUT2D eigenvalue weighted by Crippen LogP contribution is 2.62. The Balaban J connectivity index is 1.17. The molecule has 0 heterocycles. The van der Waals surface area contributed by atoms with Gasteiger partial charge in [0.2, 0.25) is 0 Å². The quantitative estimate of drug-likeness (QED) is 0.0988. The Kier molecular flexibility index (Phi) is 7.55. The maximum atomic E-state index is 9.72. The highest BCUT2D eigenvalue weighted by molar-refractivity contribution is 7.19. The predicted octanol–water partition coefficient (Wildman–Crippen LogP) is 10.0. The van der Waals surface area contributed by atoms with Crippen LogP contribution in [0.15, 0.2) is 188 Å². The van der Waals surface area contributed by atoms with Crippen LogP contribution in [0.2, 0.25) is 0 Å². The van der Waals surface area contributed by atoms with Crippen molar-refractivity contribution in [2.24, 2.45) is 0 Å². The third-order valence-electron chi connectivity index (χ3n) is 12.0. The molecule has 56 heavy (non-hydrogen) atoms. The average Bonchev–Trinajstić information content (AvgIpc) is 3.75. The SMILES string of the molecule is [C-]#[N+]c1ccc([Si](c2ccc(C#N)cc2)(c2ccc([N+]#[C-])cc2)c2ccc(-c3ccc4c(c3)C3(c5ccccc5-c5ccccc53)c3ccccc3-4)cc2)cc1. The van der Waals surface area contributed by atoms with Crippen LogP contribution in [-0.4, -0.2) is 8.07 Å². The molecule has 8 aromatic rings. The molecule has 258 valence electrons. The zero-order valence-corrected chi connectivity index (χ0v) is 31.2. The molecule has 0 N–H and O–H groups in total. The number of nitrogens with zero attached hydrogens (tertiary/aromatic N) is 3. The van der Waals surface area contributed by atoms with Gasteiger partial charge in [-0.1, -0.05) is 170 Å². The lowest BCUT2D eigenvalue weighted by atomic mass is 9.70. The van der Waals surface area contributed by atoms with Crippen LogP contribution in [0.1, 0.15) is 27.8 Å². The fourth-order valence-electron chi connectivity index (χ4n) is 9.55. The highest BCUT2D eigenvalue weighted by Gasteiger charge is 2.51. The van der Waals surface area contributed by atoms with E-state index in [4.69, 9.17) is 13.1 Å². The van der Waals surface area contributed by atoms with E-state index in [1.165, 1.54) is 49.7 Å². The molecule has 10 rings (SSSR count). The minimum Gasteiger partial charge on any atom is -0.238 e. The maximum Gasteiger partial charge on any atom is 0.187 e. The number of hydrogen-bond acceptors (Lipinski definition) is 1. The van der Waals surface area contributed by atoms with E-state index in [9.17, 15) is 5.26 Å². The predicted molar refractivity (Wildman–Crippen MR) is 229 cm³/mol.